The lowest BCUT2D eigenvalue weighted by Gasteiger charge is -2.30. The van der Waals surface area contributed by atoms with Crippen molar-refractivity contribution in [2.75, 3.05) is 18.0 Å². The lowest BCUT2D eigenvalue weighted by Crippen LogP contribution is -2.30. The molecule has 2 heterocycles. The zero-order valence-electron chi connectivity index (χ0n) is 15.8. The minimum atomic E-state index is -1.33. The first-order chi connectivity index (χ1) is 11.6. The van der Waals surface area contributed by atoms with Crippen LogP contribution in [0.5, 0.6) is 0 Å². The van der Waals surface area contributed by atoms with Crippen LogP contribution in [0, 0.1) is 31.1 Å². The Bertz CT molecular complexity index is 703. The van der Waals surface area contributed by atoms with Crippen LogP contribution in [-0.2, 0) is 9.53 Å². The van der Waals surface area contributed by atoms with E-state index >= 15 is 0 Å². The van der Waals surface area contributed by atoms with E-state index in [1.807, 2.05) is 13.8 Å². The van der Waals surface area contributed by atoms with Crippen molar-refractivity contribution in [1.29, 1.82) is 0 Å². The standard InChI is InChI=1S/C19H27BrN2O3/c1-9(2)25-18(24)17(23)14-10(3)21-11(4)15(20)16(14)22-7-12-13(8-22)19(12,5)6/h9,12-13,17,23H,7-8H2,1-6H3/t12?,13?,17-/m0/s1. The van der Waals surface area contributed by atoms with Crippen LogP contribution < -0.4 is 4.90 Å². The van der Waals surface area contributed by atoms with E-state index < -0.39 is 12.1 Å². The Morgan fingerprint density at radius 1 is 1.28 bits per heavy atom. The van der Waals surface area contributed by atoms with Gasteiger partial charge in [0.1, 0.15) is 0 Å². The predicted octanol–water partition coefficient (Wildman–Crippen LogP) is 3.54. The number of rotatable bonds is 4. The number of hydrogen-bond donors (Lipinski definition) is 1. The molecule has 5 nitrogen and oxygen atoms in total. The maximum Gasteiger partial charge on any atom is 0.340 e. The molecule has 0 spiro atoms. The van der Waals surface area contributed by atoms with E-state index in [0.29, 0.717) is 28.5 Å². The second kappa shape index (κ2) is 6.23. The molecule has 1 aliphatic carbocycles. The molecule has 2 fully saturated rings. The summed E-state index contributed by atoms with van der Waals surface area (Å²) in [6, 6.07) is 0. The monoisotopic (exact) mass is 410 g/mol. The maximum atomic E-state index is 12.3. The number of halogens is 1. The zero-order chi connectivity index (χ0) is 18.7. The number of aliphatic hydroxyl groups excluding tert-OH is 1. The number of esters is 1. The van der Waals surface area contributed by atoms with Gasteiger partial charge in [0.25, 0.3) is 0 Å². The summed E-state index contributed by atoms with van der Waals surface area (Å²) in [5.41, 5.74) is 3.38. The Morgan fingerprint density at radius 3 is 2.36 bits per heavy atom. The molecule has 0 radical (unpaired) electrons. The third kappa shape index (κ3) is 3.08. The summed E-state index contributed by atoms with van der Waals surface area (Å²) in [5.74, 6) is 0.711. The van der Waals surface area contributed by atoms with Gasteiger partial charge in [0, 0.05) is 24.3 Å². The van der Waals surface area contributed by atoms with Crippen LogP contribution in [0.25, 0.3) is 0 Å². The summed E-state index contributed by atoms with van der Waals surface area (Å²) in [4.78, 5) is 19.1. The van der Waals surface area contributed by atoms with Gasteiger partial charge in [0.2, 0.25) is 0 Å². The minimum Gasteiger partial charge on any atom is -0.461 e. The molecule has 2 unspecified atom stereocenters. The Hall–Kier alpha value is -1.14. The van der Waals surface area contributed by atoms with Crippen molar-refractivity contribution in [3.05, 3.63) is 21.4 Å². The summed E-state index contributed by atoms with van der Waals surface area (Å²) < 4.78 is 6.07. The molecule has 138 valence electrons. The highest BCUT2D eigenvalue weighted by molar-refractivity contribution is 9.10. The normalized spacial score (nSPS) is 25.1. The van der Waals surface area contributed by atoms with Crippen LogP contribution in [-0.4, -0.2) is 35.3 Å². The minimum absolute atomic E-state index is 0.270. The van der Waals surface area contributed by atoms with Gasteiger partial charge in [-0.1, -0.05) is 13.8 Å². The number of piperidine rings is 1. The molecule has 25 heavy (non-hydrogen) atoms. The summed E-state index contributed by atoms with van der Waals surface area (Å²) >= 11 is 3.64. The second-order valence-electron chi connectivity index (χ2n) is 8.19. The summed E-state index contributed by atoms with van der Waals surface area (Å²) in [6.07, 6.45) is -1.60. The number of aliphatic hydroxyl groups is 1. The van der Waals surface area contributed by atoms with E-state index in [0.717, 1.165) is 28.9 Å². The quantitative estimate of drug-likeness (QED) is 0.768. The van der Waals surface area contributed by atoms with E-state index in [-0.39, 0.29) is 6.10 Å². The number of carbonyl (C=O) groups excluding carboxylic acids is 1. The van der Waals surface area contributed by atoms with E-state index in [1.54, 1.807) is 13.8 Å². The van der Waals surface area contributed by atoms with Crippen LogP contribution in [0.4, 0.5) is 5.69 Å². The van der Waals surface area contributed by atoms with Gasteiger partial charge in [-0.2, -0.15) is 0 Å². The Morgan fingerprint density at radius 2 is 1.84 bits per heavy atom. The van der Waals surface area contributed by atoms with Gasteiger partial charge in [0.05, 0.1) is 22.0 Å². The van der Waals surface area contributed by atoms with E-state index in [4.69, 9.17) is 4.74 Å². The Kier molecular flexibility index (Phi) is 4.65. The molecule has 1 saturated heterocycles. The number of carbonyl (C=O) groups is 1. The van der Waals surface area contributed by atoms with Gasteiger partial charge in [0.15, 0.2) is 6.10 Å². The molecule has 3 atom stereocenters. The molecule has 1 aromatic heterocycles. The fraction of sp³-hybridized carbons (Fsp3) is 0.684. The SMILES string of the molecule is Cc1nc(C)c([C@H](O)C(=O)OC(C)C)c(N2CC3C(C2)C3(C)C)c1Br. The van der Waals surface area contributed by atoms with Crippen LogP contribution in [0.15, 0.2) is 4.47 Å². The summed E-state index contributed by atoms with van der Waals surface area (Å²) in [7, 11) is 0. The molecular formula is C19H27BrN2O3. The average Bonchev–Trinajstić information content (AvgIpc) is 2.88. The van der Waals surface area contributed by atoms with Gasteiger partial charge in [-0.05, 0) is 60.9 Å². The van der Waals surface area contributed by atoms with Gasteiger partial charge in [-0.25, -0.2) is 4.79 Å². The Balaban J connectivity index is 1.98. The van der Waals surface area contributed by atoms with Crippen molar-refractivity contribution in [2.24, 2.45) is 17.3 Å². The van der Waals surface area contributed by atoms with Crippen LogP contribution in [0.3, 0.4) is 0 Å². The molecule has 1 aliphatic heterocycles. The average molecular weight is 411 g/mol. The van der Waals surface area contributed by atoms with Crippen LogP contribution >= 0.6 is 15.9 Å². The zero-order valence-corrected chi connectivity index (χ0v) is 17.3. The number of fused-ring (bicyclic) bond motifs is 1. The van der Waals surface area contributed by atoms with E-state index in [1.165, 1.54) is 0 Å². The maximum absolute atomic E-state index is 12.3. The summed E-state index contributed by atoms with van der Waals surface area (Å²) in [5, 5.41) is 10.7. The molecule has 0 bridgehead atoms. The first-order valence-corrected chi connectivity index (χ1v) is 9.65. The van der Waals surface area contributed by atoms with Crippen LogP contribution in [0.2, 0.25) is 0 Å². The topological polar surface area (TPSA) is 62.7 Å². The lowest BCUT2D eigenvalue weighted by molar-refractivity contribution is -0.157. The first-order valence-electron chi connectivity index (χ1n) is 8.85. The number of aromatic nitrogens is 1. The number of nitrogens with zero attached hydrogens (tertiary/aromatic N) is 2. The smallest absolute Gasteiger partial charge is 0.340 e. The Labute approximate surface area is 157 Å². The molecule has 0 amide bonds. The van der Waals surface area contributed by atoms with Crippen molar-refractivity contribution >= 4 is 27.6 Å². The third-order valence-electron chi connectivity index (χ3n) is 5.79. The van der Waals surface area contributed by atoms with E-state index in [2.05, 4.69) is 39.7 Å². The fourth-order valence-electron chi connectivity index (χ4n) is 4.19. The highest BCUT2D eigenvalue weighted by atomic mass is 79.9. The molecule has 2 aliphatic rings. The summed E-state index contributed by atoms with van der Waals surface area (Å²) in [6.45, 7) is 13.8. The van der Waals surface area contributed by atoms with Crippen molar-refractivity contribution in [1.82, 2.24) is 4.98 Å². The van der Waals surface area contributed by atoms with Gasteiger partial charge in [-0.15, -0.1) is 0 Å². The molecular weight excluding hydrogens is 384 g/mol. The van der Waals surface area contributed by atoms with Gasteiger partial charge < -0.3 is 14.7 Å². The first kappa shape index (κ1) is 18.6. The van der Waals surface area contributed by atoms with Crippen LogP contribution in [0.1, 0.15) is 50.8 Å². The number of hydrogen-bond acceptors (Lipinski definition) is 5. The number of aryl methyl sites for hydroxylation is 2. The van der Waals surface area contributed by atoms with Crippen molar-refractivity contribution in [2.45, 2.75) is 53.8 Å². The number of pyridine rings is 1. The van der Waals surface area contributed by atoms with Crippen molar-refractivity contribution < 1.29 is 14.6 Å². The molecule has 3 rings (SSSR count). The highest BCUT2D eigenvalue weighted by Gasteiger charge is 2.62. The molecule has 1 aromatic rings. The fourth-order valence-corrected chi connectivity index (χ4v) is 4.74. The molecule has 1 saturated carbocycles. The van der Waals surface area contributed by atoms with E-state index in [9.17, 15) is 9.90 Å². The molecule has 0 aromatic carbocycles. The third-order valence-corrected chi connectivity index (χ3v) is 6.74. The van der Waals surface area contributed by atoms with Crippen molar-refractivity contribution in [3.8, 4) is 0 Å². The number of anilines is 1. The highest BCUT2D eigenvalue weighted by Crippen LogP contribution is 2.63. The molecule has 1 N–H and O–H groups in total. The van der Waals surface area contributed by atoms with Gasteiger partial charge in [-0.3, -0.25) is 4.98 Å². The molecule has 6 heteroatoms. The lowest BCUT2D eigenvalue weighted by atomic mass is 10.0. The second-order valence-corrected chi connectivity index (χ2v) is 8.98. The van der Waals surface area contributed by atoms with Crippen molar-refractivity contribution in [3.63, 3.8) is 0 Å². The predicted molar refractivity (Wildman–Crippen MR) is 101 cm³/mol. The number of ether oxygens (including phenoxy) is 1. The van der Waals surface area contributed by atoms with Gasteiger partial charge >= 0.3 is 5.97 Å². The largest absolute Gasteiger partial charge is 0.461 e.